The number of nitrogens with zero attached hydrogens (tertiary/aromatic N) is 2. The largest absolute Gasteiger partial charge is 0.285 e. The van der Waals surface area contributed by atoms with Crippen LogP contribution in [-0.4, -0.2) is 23.8 Å². The number of amides is 2. The topological polar surface area (TPSA) is 61.2 Å². The van der Waals surface area contributed by atoms with E-state index in [0.29, 0.717) is 19.3 Å². The van der Waals surface area contributed by atoms with Crippen LogP contribution in [0.3, 0.4) is 0 Å². The Morgan fingerprint density at radius 2 is 2.25 bits per heavy atom. The molecule has 1 rings (SSSR count). The van der Waals surface area contributed by atoms with E-state index >= 15 is 0 Å². The second kappa shape index (κ2) is 3.35. The first kappa shape index (κ1) is 8.72. The molecule has 0 saturated carbocycles. The minimum absolute atomic E-state index is 0.183. The predicted octanol–water partition coefficient (Wildman–Crippen LogP) is 0.295. The molecule has 1 fully saturated rings. The number of likely N-dealkylation sites (tertiary alicyclic amines) is 1. The van der Waals surface area contributed by atoms with E-state index in [4.69, 9.17) is 5.26 Å². The number of imide groups is 1. The van der Waals surface area contributed by atoms with Gasteiger partial charge >= 0.3 is 0 Å². The van der Waals surface area contributed by atoms with Gasteiger partial charge in [-0.05, 0) is 12.8 Å². The molecule has 0 N–H and O–H groups in total. The van der Waals surface area contributed by atoms with Crippen molar-refractivity contribution in [3.05, 3.63) is 0 Å². The fraction of sp³-hybridized carbons (Fsp3) is 0.625. The van der Waals surface area contributed by atoms with Crippen molar-refractivity contribution in [2.24, 2.45) is 5.92 Å². The smallest absolute Gasteiger partial charge is 0.246 e. The normalized spacial score (nSPS) is 25.0. The molecule has 64 valence electrons. The van der Waals surface area contributed by atoms with Crippen LogP contribution in [0.1, 0.15) is 19.3 Å². The first-order chi connectivity index (χ1) is 5.66. The summed E-state index contributed by atoms with van der Waals surface area (Å²) >= 11 is 0. The molecular formula is C8H10N2O2. The molecule has 0 aromatic heterocycles. The number of hydrogen-bond donors (Lipinski definition) is 0. The van der Waals surface area contributed by atoms with Crippen molar-refractivity contribution in [1.82, 2.24) is 4.90 Å². The molecule has 0 bridgehead atoms. The Morgan fingerprint density at radius 1 is 1.58 bits per heavy atom. The van der Waals surface area contributed by atoms with Gasteiger partial charge in [0, 0.05) is 13.5 Å². The molecule has 4 heteroatoms. The highest BCUT2D eigenvalue weighted by Crippen LogP contribution is 2.16. The lowest BCUT2D eigenvalue weighted by Crippen LogP contribution is -2.34. The molecule has 4 nitrogen and oxygen atoms in total. The Morgan fingerprint density at radius 3 is 2.83 bits per heavy atom. The summed E-state index contributed by atoms with van der Waals surface area (Å²) in [6, 6.07) is 1.90. The van der Waals surface area contributed by atoms with Crippen molar-refractivity contribution in [2.45, 2.75) is 19.3 Å². The third kappa shape index (κ3) is 1.45. The molecule has 1 aliphatic heterocycles. The van der Waals surface area contributed by atoms with Gasteiger partial charge in [0.05, 0.1) is 6.07 Å². The summed E-state index contributed by atoms with van der Waals surface area (Å²) in [5.41, 5.74) is 0. The summed E-state index contributed by atoms with van der Waals surface area (Å²) < 4.78 is 0. The Labute approximate surface area is 70.8 Å². The van der Waals surface area contributed by atoms with Gasteiger partial charge in [-0.3, -0.25) is 14.5 Å². The molecule has 1 atom stereocenters. The number of hydrogen-bond acceptors (Lipinski definition) is 3. The Balaban J connectivity index is 2.82. The maximum absolute atomic E-state index is 11.3. The lowest BCUT2D eigenvalue weighted by Gasteiger charge is -2.12. The molecule has 0 aromatic rings. The maximum atomic E-state index is 11.3. The van der Waals surface area contributed by atoms with E-state index in [-0.39, 0.29) is 11.8 Å². The van der Waals surface area contributed by atoms with Gasteiger partial charge in [-0.15, -0.1) is 0 Å². The second-order valence-electron chi connectivity index (χ2n) is 2.86. The van der Waals surface area contributed by atoms with Crippen molar-refractivity contribution in [1.29, 1.82) is 5.26 Å². The van der Waals surface area contributed by atoms with Gasteiger partial charge in [0.25, 0.3) is 0 Å². The number of nitriles is 1. The van der Waals surface area contributed by atoms with Gasteiger partial charge in [-0.2, -0.15) is 5.26 Å². The fourth-order valence-electron chi connectivity index (χ4n) is 1.23. The molecule has 1 unspecified atom stereocenters. The van der Waals surface area contributed by atoms with E-state index in [1.165, 1.54) is 7.05 Å². The van der Waals surface area contributed by atoms with Crippen LogP contribution in [-0.2, 0) is 9.59 Å². The zero-order valence-corrected chi connectivity index (χ0v) is 6.91. The van der Waals surface area contributed by atoms with Gasteiger partial charge in [0.2, 0.25) is 11.8 Å². The minimum atomic E-state index is -0.624. The fourth-order valence-corrected chi connectivity index (χ4v) is 1.23. The van der Waals surface area contributed by atoms with Crippen LogP contribution in [0.5, 0.6) is 0 Å². The zero-order chi connectivity index (χ0) is 9.14. The first-order valence-electron chi connectivity index (χ1n) is 3.87. The van der Waals surface area contributed by atoms with E-state index < -0.39 is 5.92 Å². The molecule has 0 radical (unpaired) electrons. The highest BCUT2D eigenvalue weighted by atomic mass is 16.2. The number of carbonyl (C=O) groups excluding carboxylic acids is 2. The van der Waals surface area contributed by atoms with Crippen molar-refractivity contribution in [2.75, 3.05) is 7.05 Å². The molecule has 12 heavy (non-hydrogen) atoms. The predicted molar refractivity (Wildman–Crippen MR) is 40.7 cm³/mol. The van der Waals surface area contributed by atoms with Gasteiger partial charge in [-0.1, -0.05) is 0 Å². The third-order valence-corrected chi connectivity index (χ3v) is 2.04. The lowest BCUT2D eigenvalue weighted by atomic mass is 10.1. The Kier molecular flexibility index (Phi) is 2.44. The van der Waals surface area contributed by atoms with Crippen molar-refractivity contribution in [3.63, 3.8) is 0 Å². The van der Waals surface area contributed by atoms with Crippen LogP contribution in [0, 0.1) is 17.2 Å². The van der Waals surface area contributed by atoms with E-state index in [0.717, 1.165) is 4.90 Å². The molecule has 1 heterocycles. The quantitative estimate of drug-likeness (QED) is 0.486. The first-order valence-corrected chi connectivity index (χ1v) is 3.87. The summed E-state index contributed by atoms with van der Waals surface area (Å²) in [5.74, 6) is -1.17. The highest BCUT2D eigenvalue weighted by Gasteiger charge is 2.28. The van der Waals surface area contributed by atoms with Crippen LogP contribution >= 0.6 is 0 Å². The average molecular weight is 166 g/mol. The van der Waals surface area contributed by atoms with Gasteiger partial charge in [0.1, 0.15) is 5.92 Å². The van der Waals surface area contributed by atoms with E-state index in [9.17, 15) is 9.59 Å². The van der Waals surface area contributed by atoms with Crippen molar-refractivity contribution < 1.29 is 9.59 Å². The van der Waals surface area contributed by atoms with Crippen LogP contribution in [0.25, 0.3) is 0 Å². The minimum Gasteiger partial charge on any atom is -0.285 e. The van der Waals surface area contributed by atoms with E-state index in [1.807, 2.05) is 6.07 Å². The van der Waals surface area contributed by atoms with E-state index in [1.54, 1.807) is 0 Å². The Hall–Kier alpha value is -1.37. The number of rotatable bonds is 0. The lowest BCUT2D eigenvalue weighted by molar-refractivity contribution is -0.143. The van der Waals surface area contributed by atoms with Crippen LogP contribution in [0.4, 0.5) is 0 Å². The maximum Gasteiger partial charge on any atom is 0.246 e. The Bertz CT molecular complexity index is 254. The molecule has 1 saturated heterocycles. The number of carbonyl (C=O) groups is 2. The van der Waals surface area contributed by atoms with Crippen LogP contribution < -0.4 is 0 Å². The summed E-state index contributed by atoms with van der Waals surface area (Å²) in [6.45, 7) is 0. The summed E-state index contributed by atoms with van der Waals surface area (Å²) in [4.78, 5) is 23.4. The summed E-state index contributed by atoms with van der Waals surface area (Å²) in [7, 11) is 1.43. The van der Waals surface area contributed by atoms with Gasteiger partial charge < -0.3 is 0 Å². The monoisotopic (exact) mass is 166 g/mol. The van der Waals surface area contributed by atoms with Gasteiger partial charge in [0.15, 0.2) is 0 Å². The highest BCUT2D eigenvalue weighted by molar-refractivity contribution is 5.97. The standard InChI is InChI=1S/C8H10N2O2/c1-10-7(11)4-2-3-6(5-9)8(10)12/h6H,2-4H2,1H3. The molecule has 0 spiro atoms. The summed E-state index contributed by atoms with van der Waals surface area (Å²) in [6.07, 6.45) is 1.51. The average Bonchev–Trinajstić information content (AvgIpc) is 2.19. The van der Waals surface area contributed by atoms with Gasteiger partial charge in [-0.25, -0.2) is 0 Å². The van der Waals surface area contributed by atoms with Crippen LogP contribution in [0.15, 0.2) is 0 Å². The molecule has 0 aromatic carbocycles. The molecule has 2 amide bonds. The third-order valence-electron chi connectivity index (χ3n) is 2.04. The van der Waals surface area contributed by atoms with Crippen LogP contribution in [0.2, 0.25) is 0 Å². The molecular weight excluding hydrogens is 156 g/mol. The van der Waals surface area contributed by atoms with Crippen molar-refractivity contribution >= 4 is 11.8 Å². The summed E-state index contributed by atoms with van der Waals surface area (Å²) in [5, 5.41) is 8.58. The molecule has 1 aliphatic rings. The second-order valence-corrected chi connectivity index (χ2v) is 2.86. The van der Waals surface area contributed by atoms with Crippen molar-refractivity contribution in [3.8, 4) is 6.07 Å². The SMILES string of the molecule is CN1C(=O)CCCC(C#N)C1=O. The zero-order valence-electron chi connectivity index (χ0n) is 6.91. The van der Waals surface area contributed by atoms with E-state index in [2.05, 4.69) is 0 Å². The molecule has 0 aliphatic carbocycles.